The van der Waals surface area contributed by atoms with Gasteiger partial charge in [-0.25, -0.2) is 4.79 Å². The number of hydrogen-bond donors (Lipinski definition) is 2. The molecule has 2 heterocycles. The molecule has 0 fully saturated rings. The van der Waals surface area contributed by atoms with Crippen LogP contribution in [0.25, 0.3) is 16.9 Å². The van der Waals surface area contributed by atoms with Crippen molar-refractivity contribution < 1.29 is 4.74 Å². The molecule has 0 radical (unpaired) electrons. The Morgan fingerprint density at radius 3 is 2.72 bits per heavy atom. The molecule has 0 amide bonds. The summed E-state index contributed by atoms with van der Waals surface area (Å²) in [5.74, 6) is 0.872. The molecule has 0 saturated carbocycles. The molecule has 2 aromatic carbocycles. The van der Waals surface area contributed by atoms with Crippen LogP contribution >= 0.6 is 0 Å². The third-order valence-electron chi connectivity index (χ3n) is 6.10. The lowest BCUT2D eigenvalue weighted by molar-refractivity contribution is 0.230. The first-order chi connectivity index (χ1) is 17.5. The number of aryl methyl sites for hydroxylation is 1. The molecule has 182 valence electrons. The average Bonchev–Trinajstić information content (AvgIpc) is 3.35. The van der Waals surface area contributed by atoms with E-state index in [0.717, 1.165) is 47.6 Å². The van der Waals surface area contributed by atoms with Gasteiger partial charge in [-0.05, 0) is 80.3 Å². The van der Waals surface area contributed by atoms with Crippen LogP contribution in [0.5, 0.6) is 5.75 Å². The molecule has 0 spiro atoms. The second-order valence-corrected chi connectivity index (χ2v) is 8.78. The Hall–Kier alpha value is -4.53. The minimum absolute atomic E-state index is 0.108. The minimum Gasteiger partial charge on any atom is -0.489 e. The topological polar surface area (TPSA) is 124 Å². The summed E-state index contributed by atoms with van der Waals surface area (Å²) < 4.78 is 7.17. The summed E-state index contributed by atoms with van der Waals surface area (Å²) in [7, 11) is 0. The number of benzene rings is 2. The van der Waals surface area contributed by atoms with E-state index >= 15 is 0 Å². The summed E-state index contributed by atoms with van der Waals surface area (Å²) in [6.07, 6.45) is 4.30. The number of ether oxygens (including phenoxy) is 1. The molecule has 2 aromatic heterocycles. The molecule has 0 saturated heterocycles. The number of nitroso groups, excluding NO2 is 1. The highest BCUT2D eigenvalue weighted by molar-refractivity contribution is 5.73. The standard InChI is InChI=1S/C27H26N6O3/c1-17(16-29-35)36-21-10-8-19(9-11-21)30-25-15-24(31-23-7-3-6-22(23)25)18-4-2-5-20(14-18)33-13-12-26(28)32-27(33)34/h2,4-5,8-15,17H,3,6-7,16H2,1H3,(H,30,31)(H2,28,32,34). The van der Waals surface area contributed by atoms with Gasteiger partial charge in [-0.2, -0.15) is 9.89 Å². The normalized spacial score (nSPS) is 13.1. The molecule has 1 aliphatic carbocycles. The molecular weight excluding hydrogens is 456 g/mol. The van der Waals surface area contributed by atoms with E-state index in [9.17, 15) is 9.70 Å². The van der Waals surface area contributed by atoms with Gasteiger partial charge >= 0.3 is 5.69 Å². The van der Waals surface area contributed by atoms with Crippen molar-refractivity contribution in [1.29, 1.82) is 0 Å². The number of hydrogen-bond acceptors (Lipinski definition) is 8. The lowest BCUT2D eigenvalue weighted by Crippen LogP contribution is -2.21. The molecule has 9 nitrogen and oxygen atoms in total. The minimum atomic E-state index is -0.430. The Labute approximate surface area is 208 Å². The number of aromatic nitrogens is 3. The van der Waals surface area contributed by atoms with Gasteiger partial charge in [0.2, 0.25) is 0 Å². The molecule has 9 heteroatoms. The zero-order valence-electron chi connectivity index (χ0n) is 19.8. The maximum atomic E-state index is 12.3. The second kappa shape index (κ2) is 9.99. The molecule has 36 heavy (non-hydrogen) atoms. The van der Waals surface area contributed by atoms with Crippen LogP contribution < -0.4 is 21.5 Å². The van der Waals surface area contributed by atoms with Crippen LogP contribution in [0.3, 0.4) is 0 Å². The predicted octanol–water partition coefficient (Wildman–Crippen LogP) is 4.64. The van der Waals surface area contributed by atoms with Gasteiger partial charge in [0, 0.05) is 28.8 Å². The highest BCUT2D eigenvalue weighted by atomic mass is 16.5. The number of nitrogens with two attached hydrogens (primary N) is 1. The number of pyridine rings is 1. The molecule has 3 N–H and O–H groups in total. The summed E-state index contributed by atoms with van der Waals surface area (Å²) in [6.45, 7) is 1.92. The Bertz CT molecular complexity index is 1470. The van der Waals surface area contributed by atoms with Crippen molar-refractivity contribution in [3.05, 3.63) is 93.5 Å². The van der Waals surface area contributed by atoms with Gasteiger partial charge in [0.05, 0.1) is 11.4 Å². The molecule has 5 rings (SSSR count). The number of fused-ring (bicyclic) bond motifs is 1. The summed E-state index contributed by atoms with van der Waals surface area (Å²) >= 11 is 0. The molecule has 4 aromatic rings. The van der Waals surface area contributed by atoms with Crippen molar-refractivity contribution in [2.45, 2.75) is 32.3 Å². The van der Waals surface area contributed by atoms with Crippen LogP contribution in [-0.4, -0.2) is 27.2 Å². The Morgan fingerprint density at radius 1 is 1.11 bits per heavy atom. The largest absolute Gasteiger partial charge is 0.489 e. The van der Waals surface area contributed by atoms with E-state index in [1.807, 2.05) is 55.5 Å². The van der Waals surface area contributed by atoms with Crippen LogP contribution in [0.15, 0.2) is 76.8 Å². The number of nitrogens with zero attached hydrogens (tertiary/aromatic N) is 4. The molecule has 1 atom stereocenters. The zero-order chi connectivity index (χ0) is 25.1. The Balaban J connectivity index is 1.44. The Kier molecular flexibility index (Phi) is 6.44. The zero-order valence-corrected chi connectivity index (χ0v) is 19.8. The summed E-state index contributed by atoms with van der Waals surface area (Å²) in [5.41, 5.74) is 11.9. The van der Waals surface area contributed by atoms with Crippen LogP contribution in [-0.2, 0) is 12.8 Å². The van der Waals surface area contributed by atoms with Crippen LogP contribution in [0.2, 0.25) is 0 Å². The van der Waals surface area contributed by atoms with Crippen molar-refractivity contribution in [3.63, 3.8) is 0 Å². The molecule has 0 bridgehead atoms. The van der Waals surface area contributed by atoms with Gasteiger partial charge in [-0.1, -0.05) is 17.3 Å². The number of nitrogens with one attached hydrogen (secondary N) is 1. The lowest BCUT2D eigenvalue weighted by atomic mass is 10.1. The van der Waals surface area contributed by atoms with Crippen molar-refractivity contribution in [2.75, 3.05) is 17.6 Å². The molecule has 1 unspecified atom stereocenters. The first kappa shape index (κ1) is 23.2. The van der Waals surface area contributed by atoms with Crippen LogP contribution in [0.4, 0.5) is 17.2 Å². The van der Waals surface area contributed by atoms with Gasteiger partial charge in [0.25, 0.3) is 0 Å². The van der Waals surface area contributed by atoms with Gasteiger partial charge in [-0.15, -0.1) is 0 Å². The van der Waals surface area contributed by atoms with E-state index in [2.05, 4.69) is 21.5 Å². The number of rotatable bonds is 8. The highest BCUT2D eigenvalue weighted by Crippen LogP contribution is 2.34. The lowest BCUT2D eigenvalue weighted by Gasteiger charge is -2.15. The smallest absolute Gasteiger partial charge is 0.354 e. The van der Waals surface area contributed by atoms with Crippen molar-refractivity contribution in [1.82, 2.24) is 14.5 Å². The van der Waals surface area contributed by atoms with E-state index in [1.54, 1.807) is 12.3 Å². The van der Waals surface area contributed by atoms with Crippen molar-refractivity contribution in [2.24, 2.45) is 5.18 Å². The third-order valence-corrected chi connectivity index (χ3v) is 6.10. The van der Waals surface area contributed by atoms with Gasteiger partial charge in [0.15, 0.2) is 0 Å². The van der Waals surface area contributed by atoms with Crippen molar-refractivity contribution >= 4 is 17.2 Å². The molecule has 1 aliphatic rings. The van der Waals surface area contributed by atoms with Crippen molar-refractivity contribution in [3.8, 4) is 22.7 Å². The van der Waals surface area contributed by atoms with E-state index in [1.165, 1.54) is 10.1 Å². The number of anilines is 3. The van der Waals surface area contributed by atoms with E-state index in [4.69, 9.17) is 15.5 Å². The third kappa shape index (κ3) is 4.95. The first-order valence-corrected chi connectivity index (χ1v) is 11.8. The quantitative estimate of drug-likeness (QED) is 0.350. The fourth-order valence-electron chi connectivity index (χ4n) is 4.38. The average molecular weight is 483 g/mol. The molecule has 0 aliphatic heterocycles. The summed E-state index contributed by atoms with van der Waals surface area (Å²) in [4.78, 5) is 31.5. The fraction of sp³-hybridized carbons (Fsp3) is 0.222. The molecular formula is C27H26N6O3. The van der Waals surface area contributed by atoms with E-state index in [0.29, 0.717) is 11.4 Å². The van der Waals surface area contributed by atoms with E-state index < -0.39 is 5.69 Å². The SMILES string of the molecule is CC(CN=O)Oc1ccc(Nc2cc(-c3cccc(-n4ccc(N)nc4=O)c3)nc3c2CCC3)cc1. The van der Waals surface area contributed by atoms with Crippen LogP contribution in [0, 0.1) is 4.91 Å². The van der Waals surface area contributed by atoms with Gasteiger partial charge in [-0.3, -0.25) is 9.55 Å². The summed E-state index contributed by atoms with van der Waals surface area (Å²) in [5, 5.41) is 6.42. The van der Waals surface area contributed by atoms with Gasteiger partial charge in [0.1, 0.15) is 24.2 Å². The maximum absolute atomic E-state index is 12.3. The Morgan fingerprint density at radius 2 is 1.94 bits per heavy atom. The fourth-order valence-corrected chi connectivity index (χ4v) is 4.38. The van der Waals surface area contributed by atoms with Gasteiger partial charge < -0.3 is 15.8 Å². The summed E-state index contributed by atoms with van der Waals surface area (Å²) in [6, 6.07) is 18.9. The van der Waals surface area contributed by atoms with E-state index in [-0.39, 0.29) is 18.5 Å². The predicted molar refractivity (Wildman–Crippen MR) is 140 cm³/mol. The second-order valence-electron chi connectivity index (χ2n) is 8.78. The number of nitrogen functional groups attached to an aromatic ring is 1. The first-order valence-electron chi connectivity index (χ1n) is 11.8. The monoisotopic (exact) mass is 482 g/mol. The highest BCUT2D eigenvalue weighted by Gasteiger charge is 2.19. The van der Waals surface area contributed by atoms with Crippen LogP contribution in [0.1, 0.15) is 24.6 Å². The maximum Gasteiger partial charge on any atom is 0.354 e.